The molecular weight excluding hydrogens is 289 g/mol. The molecule has 1 aromatic heterocycles. The molecule has 1 fully saturated rings. The summed E-state index contributed by atoms with van der Waals surface area (Å²) in [6, 6.07) is 11.7. The largest absolute Gasteiger partial charge is 0.310 e. The van der Waals surface area contributed by atoms with E-state index in [1.54, 1.807) is 12.1 Å². The minimum absolute atomic E-state index is 0.158. The number of pyridine rings is 1. The van der Waals surface area contributed by atoms with E-state index < -0.39 is 0 Å². The SMILES string of the molecule is Cc1cc(F)ccc1CNC1CCN(Cc2ccccn2)CC1. The van der Waals surface area contributed by atoms with Gasteiger partial charge >= 0.3 is 0 Å². The van der Waals surface area contributed by atoms with Crippen LogP contribution < -0.4 is 5.32 Å². The fourth-order valence-corrected chi connectivity index (χ4v) is 3.13. The number of nitrogens with zero attached hydrogens (tertiary/aromatic N) is 2. The molecule has 23 heavy (non-hydrogen) atoms. The predicted octanol–water partition coefficient (Wildman–Crippen LogP) is 3.28. The highest BCUT2D eigenvalue weighted by atomic mass is 19.1. The third-order valence-corrected chi connectivity index (χ3v) is 4.59. The first-order chi connectivity index (χ1) is 11.2. The Balaban J connectivity index is 1.44. The highest BCUT2D eigenvalue weighted by Gasteiger charge is 2.19. The number of hydrogen-bond donors (Lipinski definition) is 1. The molecule has 0 atom stereocenters. The molecule has 1 aliphatic rings. The van der Waals surface area contributed by atoms with E-state index in [-0.39, 0.29) is 5.82 Å². The Hall–Kier alpha value is -1.78. The lowest BCUT2D eigenvalue weighted by Gasteiger charge is -2.32. The summed E-state index contributed by atoms with van der Waals surface area (Å²) in [6.07, 6.45) is 4.15. The van der Waals surface area contributed by atoms with Crippen molar-refractivity contribution in [2.24, 2.45) is 0 Å². The Morgan fingerprint density at radius 3 is 2.74 bits per heavy atom. The predicted molar refractivity (Wildman–Crippen MR) is 90.5 cm³/mol. The molecule has 0 aliphatic carbocycles. The summed E-state index contributed by atoms with van der Waals surface area (Å²) in [5.41, 5.74) is 3.34. The van der Waals surface area contributed by atoms with E-state index >= 15 is 0 Å². The van der Waals surface area contributed by atoms with Gasteiger partial charge in [0.15, 0.2) is 0 Å². The smallest absolute Gasteiger partial charge is 0.123 e. The maximum absolute atomic E-state index is 13.1. The van der Waals surface area contributed by atoms with Crippen molar-refractivity contribution in [3.8, 4) is 0 Å². The van der Waals surface area contributed by atoms with Crippen LogP contribution in [-0.2, 0) is 13.1 Å². The van der Waals surface area contributed by atoms with Crippen LogP contribution in [0.2, 0.25) is 0 Å². The van der Waals surface area contributed by atoms with Crippen molar-refractivity contribution in [1.82, 2.24) is 15.2 Å². The lowest BCUT2D eigenvalue weighted by Crippen LogP contribution is -2.42. The van der Waals surface area contributed by atoms with E-state index in [1.165, 1.54) is 5.56 Å². The van der Waals surface area contributed by atoms with Crippen LogP contribution >= 0.6 is 0 Å². The van der Waals surface area contributed by atoms with Crippen molar-refractivity contribution < 1.29 is 4.39 Å². The maximum atomic E-state index is 13.1. The molecule has 122 valence electrons. The van der Waals surface area contributed by atoms with E-state index in [4.69, 9.17) is 0 Å². The first-order valence-electron chi connectivity index (χ1n) is 8.31. The molecule has 4 heteroatoms. The van der Waals surface area contributed by atoms with Gasteiger partial charge in [-0.1, -0.05) is 12.1 Å². The van der Waals surface area contributed by atoms with Crippen LogP contribution in [0, 0.1) is 12.7 Å². The van der Waals surface area contributed by atoms with Crippen LogP contribution in [0.3, 0.4) is 0 Å². The van der Waals surface area contributed by atoms with E-state index in [1.807, 2.05) is 31.3 Å². The minimum atomic E-state index is -0.158. The third kappa shape index (κ3) is 4.60. The number of rotatable bonds is 5. The van der Waals surface area contributed by atoms with E-state index in [0.717, 1.165) is 50.3 Å². The van der Waals surface area contributed by atoms with Gasteiger partial charge in [0, 0.05) is 38.4 Å². The monoisotopic (exact) mass is 313 g/mol. The van der Waals surface area contributed by atoms with Gasteiger partial charge in [0.2, 0.25) is 0 Å². The number of piperidine rings is 1. The van der Waals surface area contributed by atoms with Gasteiger partial charge in [0.25, 0.3) is 0 Å². The zero-order valence-electron chi connectivity index (χ0n) is 13.6. The maximum Gasteiger partial charge on any atom is 0.123 e. The molecule has 2 heterocycles. The van der Waals surface area contributed by atoms with Crippen molar-refractivity contribution in [3.05, 3.63) is 65.2 Å². The average molecular weight is 313 g/mol. The van der Waals surface area contributed by atoms with Gasteiger partial charge in [-0.2, -0.15) is 0 Å². The molecule has 1 saturated heterocycles. The molecule has 2 aromatic rings. The number of aromatic nitrogens is 1. The van der Waals surface area contributed by atoms with Crippen LogP contribution in [0.5, 0.6) is 0 Å². The van der Waals surface area contributed by atoms with Crippen LogP contribution in [0.4, 0.5) is 4.39 Å². The fraction of sp³-hybridized carbons (Fsp3) is 0.421. The first kappa shape index (κ1) is 16.1. The van der Waals surface area contributed by atoms with Crippen LogP contribution in [0.1, 0.15) is 29.7 Å². The lowest BCUT2D eigenvalue weighted by molar-refractivity contribution is 0.188. The normalized spacial score (nSPS) is 16.6. The van der Waals surface area contributed by atoms with Gasteiger partial charge in [-0.15, -0.1) is 0 Å². The topological polar surface area (TPSA) is 28.2 Å². The van der Waals surface area contributed by atoms with Crippen LogP contribution in [0.25, 0.3) is 0 Å². The zero-order valence-corrected chi connectivity index (χ0v) is 13.6. The summed E-state index contributed by atoms with van der Waals surface area (Å²) in [6.45, 7) is 5.91. The summed E-state index contributed by atoms with van der Waals surface area (Å²) in [5.74, 6) is -0.158. The molecule has 0 spiro atoms. The van der Waals surface area contributed by atoms with E-state index in [0.29, 0.717) is 6.04 Å². The molecule has 0 radical (unpaired) electrons. The quantitative estimate of drug-likeness (QED) is 0.918. The number of likely N-dealkylation sites (tertiary alicyclic amines) is 1. The number of nitrogens with one attached hydrogen (secondary N) is 1. The highest BCUT2D eigenvalue weighted by Crippen LogP contribution is 2.15. The summed E-state index contributed by atoms with van der Waals surface area (Å²) in [5, 5.41) is 3.62. The molecule has 0 saturated carbocycles. The van der Waals surface area contributed by atoms with Gasteiger partial charge in [0.1, 0.15) is 5.82 Å². The second-order valence-corrected chi connectivity index (χ2v) is 6.32. The molecule has 1 N–H and O–H groups in total. The fourth-order valence-electron chi connectivity index (χ4n) is 3.13. The van der Waals surface area contributed by atoms with E-state index in [2.05, 4.69) is 21.3 Å². The minimum Gasteiger partial charge on any atom is -0.310 e. The Morgan fingerprint density at radius 1 is 1.22 bits per heavy atom. The summed E-state index contributed by atoms with van der Waals surface area (Å²) in [4.78, 5) is 6.86. The van der Waals surface area contributed by atoms with Gasteiger partial charge < -0.3 is 5.32 Å². The van der Waals surface area contributed by atoms with Crippen molar-refractivity contribution in [1.29, 1.82) is 0 Å². The molecule has 3 rings (SSSR count). The third-order valence-electron chi connectivity index (χ3n) is 4.59. The van der Waals surface area contributed by atoms with Gasteiger partial charge in [-0.3, -0.25) is 9.88 Å². The Bertz CT molecular complexity index is 622. The number of benzene rings is 1. The molecule has 0 unspecified atom stereocenters. The molecule has 0 amide bonds. The van der Waals surface area contributed by atoms with Crippen molar-refractivity contribution >= 4 is 0 Å². The first-order valence-corrected chi connectivity index (χ1v) is 8.31. The number of aryl methyl sites for hydroxylation is 1. The zero-order chi connectivity index (χ0) is 16.1. The van der Waals surface area contributed by atoms with Crippen LogP contribution in [-0.4, -0.2) is 29.0 Å². The molecular formula is C19H24FN3. The van der Waals surface area contributed by atoms with Crippen molar-refractivity contribution in [2.45, 2.75) is 38.9 Å². The Labute approximate surface area is 137 Å². The van der Waals surface area contributed by atoms with Crippen LogP contribution in [0.15, 0.2) is 42.6 Å². The number of hydrogen-bond acceptors (Lipinski definition) is 3. The Kier molecular flexibility index (Phi) is 5.36. The molecule has 0 bridgehead atoms. The second kappa shape index (κ2) is 7.66. The van der Waals surface area contributed by atoms with Gasteiger partial charge in [0.05, 0.1) is 5.69 Å². The summed E-state index contributed by atoms with van der Waals surface area (Å²) < 4.78 is 13.1. The number of halogens is 1. The average Bonchev–Trinajstić information content (AvgIpc) is 2.56. The van der Waals surface area contributed by atoms with Crippen molar-refractivity contribution in [3.63, 3.8) is 0 Å². The lowest BCUT2D eigenvalue weighted by atomic mass is 10.0. The van der Waals surface area contributed by atoms with Gasteiger partial charge in [-0.25, -0.2) is 4.39 Å². The molecule has 3 nitrogen and oxygen atoms in total. The van der Waals surface area contributed by atoms with Gasteiger partial charge in [-0.05, 0) is 55.2 Å². The standard InChI is InChI=1S/C19H24FN3/c1-15-12-17(20)6-5-16(15)13-22-18-7-10-23(11-8-18)14-19-4-2-3-9-21-19/h2-6,9,12,18,22H,7-8,10-11,13-14H2,1H3. The van der Waals surface area contributed by atoms with Crippen molar-refractivity contribution in [2.75, 3.05) is 13.1 Å². The highest BCUT2D eigenvalue weighted by molar-refractivity contribution is 5.26. The summed E-state index contributed by atoms with van der Waals surface area (Å²) >= 11 is 0. The van der Waals surface area contributed by atoms with E-state index in [9.17, 15) is 4.39 Å². The summed E-state index contributed by atoms with van der Waals surface area (Å²) in [7, 11) is 0. The second-order valence-electron chi connectivity index (χ2n) is 6.32. The Morgan fingerprint density at radius 2 is 2.04 bits per heavy atom. The molecule has 1 aromatic carbocycles. The molecule has 1 aliphatic heterocycles.